The molecule has 0 saturated carbocycles. The zero-order valence-electron chi connectivity index (χ0n) is 15.0. The summed E-state index contributed by atoms with van der Waals surface area (Å²) in [5.41, 5.74) is 0.958. The fraction of sp³-hybridized carbons (Fsp3) is 0.474. The number of likely N-dealkylation sites (tertiary alicyclic amines) is 1. The second-order valence-electron chi connectivity index (χ2n) is 6.48. The van der Waals surface area contributed by atoms with E-state index in [1.54, 1.807) is 16.9 Å². The van der Waals surface area contributed by atoms with Crippen molar-refractivity contribution in [1.29, 1.82) is 0 Å². The number of anilines is 1. The normalized spacial score (nSPS) is 17.3. The van der Waals surface area contributed by atoms with E-state index in [1.807, 2.05) is 29.2 Å². The summed E-state index contributed by atoms with van der Waals surface area (Å²) in [6.45, 7) is 4.71. The lowest BCUT2D eigenvalue weighted by atomic mass is 10.1. The van der Waals surface area contributed by atoms with E-state index >= 15 is 0 Å². The fourth-order valence-electron chi connectivity index (χ4n) is 3.08. The number of benzene rings is 1. The Labute approximate surface area is 159 Å². The number of ether oxygens (including phenoxy) is 1. The lowest BCUT2D eigenvalue weighted by molar-refractivity contribution is 0.0115. The molecule has 1 atom stereocenters. The van der Waals surface area contributed by atoms with E-state index in [4.69, 9.17) is 16.3 Å². The van der Waals surface area contributed by atoms with Crippen LogP contribution < -0.4 is 5.32 Å². The van der Waals surface area contributed by atoms with Crippen LogP contribution in [0.2, 0.25) is 5.02 Å². The van der Waals surface area contributed by atoms with Crippen molar-refractivity contribution in [3.05, 3.63) is 47.1 Å². The summed E-state index contributed by atoms with van der Waals surface area (Å²) in [4.78, 5) is 14.5. The summed E-state index contributed by atoms with van der Waals surface area (Å²) in [5, 5.41) is 7.96. The van der Waals surface area contributed by atoms with Crippen molar-refractivity contribution in [3.63, 3.8) is 0 Å². The Hall–Kier alpha value is -2.05. The first-order valence-corrected chi connectivity index (χ1v) is 9.48. The lowest BCUT2D eigenvalue weighted by Gasteiger charge is -2.32. The Kier molecular flexibility index (Phi) is 6.52. The maximum Gasteiger partial charge on any atom is 0.323 e. The van der Waals surface area contributed by atoms with Gasteiger partial charge in [-0.05, 0) is 30.9 Å². The monoisotopic (exact) mass is 376 g/mol. The number of nitrogens with zero attached hydrogens (tertiary/aromatic N) is 3. The molecule has 2 aromatic rings. The molecule has 140 valence electrons. The highest BCUT2D eigenvalue weighted by Gasteiger charge is 2.24. The third kappa shape index (κ3) is 4.77. The number of rotatable bonds is 6. The number of amides is 2. The van der Waals surface area contributed by atoms with Gasteiger partial charge in [-0.25, -0.2) is 9.48 Å². The molecule has 3 rings (SSSR count). The van der Waals surface area contributed by atoms with Gasteiger partial charge in [-0.1, -0.05) is 36.7 Å². The largest absolute Gasteiger partial charge is 0.376 e. The predicted octanol–water partition coefficient (Wildman–Crippen LogP) is 4.01. The number of aromatic nitrogens is 2. The Balaban J connectivity index is 1.61. The highest BCUT2D eigenvalue weighted by Crippen LogP contribution is 2.19. The van der Waals surface area contributed by atoms with Crippen molar-refractivity contribution in [1.82, 2.24) is 14.7 Å². The molecule has 2 heterocycles. The number of hydrogen-bond donors (Lipinski definition) is 1. The summed E-state index contributed by atoms with van der Waals surface area (Å²) in [6.07, 6.45) is 4.76. The Morgan fingerprint density at radius 3 is 3.04 bits per heavy atom. The standard InChI is InChI=1S/C19H25ClN4O2/c1-2-12-26-16-7-5-11-23(14-16)19(25)22-18-9-10-21-24(18)13-15-6-3-4-8-17(15)20/h3-4,6,8-10,16H,2,5,7,11-14H2,1H3,(H,22,25). The predicted molar refractivity (Wildman–Crippen MR) is 103 cm³/mol. The highest BCUT2D eigenvalue weighted by molar-refractivity contribution is 6.31. The van der Waals surface area contributed by atoms with E-state index in [2.05, 4.69) is 17.3 Å². The molecule has 1 unspecified atom stereocenters. The van der Waals surface area contributed by atoms with Crippen molar-refractivity contribution >= 4 is 23.4 Å². The number of halogens is 1. The molecule has 1 fully saturated rings. The molecule has 1 aromatic carbocycles. The van der Waals surface area contributed by atoms with Crippen LogP contribution in [-0.4, -0.2) is 46.5 Å². The summed E-state index contributed by atoms with van der Waals surface area (Å²) in [5.74, 6) is 0.659. The van der Waals surface area contributed by atoms with Gasteiger partial charge in [-0.2, -0.15) is 5.10 Å². The Morgan fingerprint density at radius 1 is 1.38 bits per heavy atom. The third-order valence-electron chi connectivity index (χ3n) is 4.45. The third-order valence-corrected chi connectivity index (χ3v) is 4.82. The molecule has 1 aliphatic heterocycles. The number of piperidine rings is 1. The topological polar surface area (TPSA) is 59.4 Å². The first kappa shape index (κ1) is 18.7. The van der Waals surface area contributed by atoms with Gasteiger partial charge in [-0.15, -0.1) is 0 Å². The molecule has 2 amide bonds. The molecule has 0 spiro atoms. The first-order valence-electron chi connectivity index (χ1n) is 9.10. The van der Waals surface area contributed by atoms with Gasteiger partial charge >= 0.3 is 6.03 Å². The molecule has 0 radical (unpaired) electrons. The van der Waals surface area contributed by atoms with Gasteiger partial charge in [-0.3, -0.25) is 5.32 Å². The van der Waals surface area contributed by atoms with Crippen LogP contribution in [-0.2, 0) is 11.3 Å². The van der Waals surface area contributed by atoms with Crippen molar-refractivity contribution < 1.29 is 9.53 Å². The molecule has 1 saturated heterocycles. The summed E-state index contributed by atoms with van der Waals surface area (Å²) < 4.78 is 7.55. The summed E-state index contributed by atoms with van der Waals surface area (Å²) in [6, 6.07) is 9.32. The van der Waals surface area contributed by atoms with E-state index in [-0.39, 0.29) is 12.1 Å². The minimum Gasteiger partial charge on any atom is -0.376 e. The average molecular weight is 377 g/mol. The van der Waals surface area contributed by atoms with Gasteiger partial charge in [0, 0.05) is 30.8 Å². The van der Waals surface area contributed by atoms with Crippen LogP contribution in [0, 0.1) is 0 Å². The van der Waals surface area contributed by atoms with Gasteiger partial charge in [0.1, 0.15) is 5.82 Å². The van der Waals surface area contributed by atoms with Gasteiger partial charge in [0.15, 0.2) is 0 Å². The van der Waals surface area contributed by atoms with Gasteiger partial charge in [0.05, 0.1) is 18.8 Å². The zero-order chi connectivity index (χ0) is 18.4. The summed E-state index contributed by atoms with van der Waals surface area (Å²) >= 11 is 6.23. The number of urea groups is 1. The molecule has 1 N–H and O–H groups in total. The Bertz CT molecular complexity index is 734. The summed E-state index contributed by atoms with van der Waals surface area (Å²) in [7, 11) is 0. The molecular weight excluding hydrogens is 352 g/mol. The van der Waals surface area contributed by atoms with Gasteiger partial charge in [0.25, 0.3) is 0 Å². The minimum atomic E-state index is -0.115. The molecular formula is C19H25ClN4O2. The molecule has 6 nitrogen and oxygen atoms in total. The second-order valence-corrected chi connectivity index (χ2v) is 6.88. The van der Waals surface area contributed by atoms with E-state index in [1.165, 1.54) is 0 Å². The maximum absolute atomic E-state index is 12.6. The van der Waals surface area contributed by atoms with Crippen molar-refractivity contribution in [2.75, 3.05) is 25.0 Å². The van der Waals surface area contributed by atoms with Gasteiger partial charge < -0.3 is 9.64 Å². The minimum absolute atomic E-state index is 0.115. The smallest absolute Gasteiger partial charge is 0.323 e. The number of nitrogens with one attached hydrogen (secondary N) is 1. The molecule has 7 heteroatoms. The number of carbonyl (C=O) groups excluding carboxylic acids is 1. The van der Waals surface area contributed by atoms with Crippen molar-refractivity contribution in [3.8, 4) is 0 Å². The van der Waals surface area contributed by atoms with Crippen LogP contribution in [0.1, 0.15) is 31.7 Å². The van der Waals surface area contributed by atoms with Gasteiger partial charge in [0.2, 0.25) is 0 Å². The molecule has 1 aliphatic rings. The number of carbonyl (C=O) groups is 1. The number of hydrogen-bond acceptors (Lipinski definition) is 3. The zero-order valence-corrected chi connectivity index (χ0v) is 15.8. The molecule has 0 bridgehead atoms. The SMILES string of the molecule is CCCOC1CCCN(C(=O)Nc2ccnn2Cc2ccccc2Cl)C1. The van der Waals surface area contributed by atoms with Crippen LogP contribution >= 0.6 is 11.6 Å². The van der Waals surface area contributed by atoms with Crippen molar-refractivity contribution in [2.45, 2.75) is 38.8 Å². The fourth-order valence-corrected chi connectivity index (χ4v) is 3.28. The van der Waals surface area contributed by atoms with Crippen molar-refractivity contribution in [2.24, 2.45) is 0 Å². The van der Waals surface area contributed by atoms with Crippen LogP contribution in [0.3, 0.4) is 0 Å². The lowest BCUT2D eigenvalue weighted by Crippen LogP contribution is -2.45. The van der Waals surface area contributed by atoms with E-state index in [0.29, 0.717) is 23.9 Å². The first-order chi connectivity index (χ1) is 12.7. The quantitative estimate of drug-likeness (QED) is 0.828. The second kappa shape index (κ2) is 9.05. The van der Waals surface area contributed by atoms with E-state index in [9.17, 15) is 4.79 Å². The average Bonchev–Trinajstić information content (AvgIpc) is 3.09. The Morgan fingerprint density at radius 2 is 2.23 bits per heavy atom. The van der Waals surface area contributed by atoms with Crippen LogP contribution in [0.4, 0.5) is 10.6 Å². The van der Waals surface area contributed by atoms with E-state index in [0.717, 1.165) is 38.0 Å². The van der Waals surface area contributed by atoms with Crippen LogP contribution in [0.5, 0.6) is 0 Å². The molecule has 0 aliphatic carbocycles. The van der Waals surface area contributed by atoms with Crippen LogP contribution in [0.15, 0.2) is 36.5 Å². The highest BCUT2D eigenvalue weighted by atomic mass is 35.5. The van der Waals surface area contributed by atoms with E-state index < -0.39 is 0 Å². The maximum atomic E-state index is 12.6. The molecule has 26 heavy (non-hydrogen) atoms. The van der Waals surface area contributed by atoms with Crippen LogP contribution in [0.25, 0.3) is 0 Å². The molecule has 1 aromatic heterocycles.